The van der Waals surface area contributed by atoms with Crippen molar-refractivity contribution < 1.29 is 4.42 Å². The number of furan rings is 1. The fourth-order valence-corrected chi connectivity index (χ4v) is 19.4. The summed E-state index contributed by atoms with van der Waals surface area (Å²) in [5, 5.41) is 13.3. The molecule has 16 aromatic carbocycles. The molecule has 106 heavy (non-hydrogen) atoms. The Kier molecular flexibility index (Phi) is 18.9. The van der Waals surface area contributed by atoms with Crippen molar-refractivity contribution in [2.24, 2.45) is 0 Å². The van der Waals surface area contributed by atoms with Crippen LogP contribution < -0.4 is 0 Å². The Hall–Kier alpha value is -11.8. The molecule has 5 heterocycles. The second-order valence-corrected chi connectivity index (χ2v) is 31.5. The van der Waals surface area contributed by atoms with E-state index in [1.807, 2.05) is 51.4 Å². The van der Waals surface area contributed by atoms with Gasteiger partial charge in [-0.25, -0.2) is 0 Å². The van der Waals surface area contributed by atoms with Crippen LogP contribution in [0, 0.1) is 34.6 Å². The minimum Gasteiger partial charge on any atom is -0.455 e. The highest BCUT2D eigenvalue weighted by molar-refractivity contribution is 7.27. The molecule has 21 rings (SSSR count). The second-order valence-electron chi connectivity index (χ2n) is 27.2. The molecule has 0 bridgehead atoms. The fourth-order valence-electron chi connectivity index (χ4n) is 14.9. The minimum absolute atomic E-state index is 0.952. The highest BCUT2D eigenvalue weighted by Crippen LogP contribution is 2.45. The molecule has 0 saturated carbocycles. The van der Waals surface area contributed by atoms with Gasteiger partial charge in [-0.2, -0.15) is 0 Å². The highest BCUT2D eigenvalue weighted by Gasteiger charge is 2.18. The first-order valence-electron chi connectivity index (χ1n) is 36.1. The second kappa shape index (κ2) is 29.7. The van der Waals surface area contributed by atoms with Crippen molar-refractivity contribution in [3.05, 3.63) is 386 Å². The van der Waals surface area contributed by atoms with Crippen LogP contribution in [-0.4, -0.2) is 0 Å². The Bertz CT molecular complexity index is 6760. The molecule has 0 saturated heterocycles. The third-order valence-corrected chi connectivity index (χ3v) is 24.7. The summed E-state index contributed by atoms with van der Waals surface area (Å²) < 4.78 is 17.4. The summed E-state index contributed by atoms with van der Waals surface area (Å²) in [6.45, 7) is 10.7. The number of thiophene rings is 4. The largest absolute Gasteiger partial charge is 0.455 e. The topological polar surface area (TPSA) is 13.1 Å². The van der Waals surface area contributed by atoms with Crippen LogP contribution >= 0.6 is 45.3 Å². The molecule has 0 amide bonds. The molecule has 1 nitrogen and oxygen atoms in total. The Balaban J connectivity index is 0.0000000979. The van der Waals surface area contributed by atoms with Crippen molar-refractivity contribution in [1.29, 1.82) is 0 Å². The van der Waals surface area contributed by atoms with Gasteiger partial charge in [0.25, 0.3) is 0 Å². The van der Waals surface area contributed by atoms with Crippen LogP contribution in [0.3, 0.4) is 0 Å². The van der Waals surface area contributed by atoms with Crippen LogP contribution in [-0.2, 0) is 0 Å². The van der Waals surface area contributed by atoms with E-state index in [1.54, 1.807) is 0 Å². The summed E-state index contributed by atoms with van der Waals surface area (Å²) in [5.41, 5.74) is 23.6. The molecule has 0 atom stereocenters. The summed E-state index contributed by atoms with van der Waals surface area (Å²) in [6.07, 6.45) is 0. The Morgan fingerprint density at radius 2 is 0.500 bits per heavy atom. The maximum Gasteiger partial charge on any atom is 0.143 e. The van der Waals surface area contributed by atoms with Crippen molar-refractivity contribution >= 4 is 148 Å². The lowest BCUT2D eigenvalue weighted by Crippen LogP contribution is -1.83. The maximum atomic E-state index is 6.45. The van der Waals surface area contributed by atoms with E-state index in [2.05, 4.69) is 386 Å². The number of hydrogen-bond donors (Lipinski definition) is 0. The van der Waals surface area contributed by atoms with E-state index in [1.165, 1.54) is 164 Å². The first kappa shape index (κ1) is 67.4. The molecule has 0 unspecified atom stereocenters. The van der Waals surface area contributed by atoms with Crippen molar-refractivity contribution in [2.45, 2.75) is 34.6 Å². The molecule has 5 heteroatoms. The predicted octanol–water partition coefficient (Wildman–Crippen LogP) is 31.3. The Labute approximate surface area is 634 Å². The quantitative estimate of drug-likeness (QED) is 0.162. The number of benzene rings is 16. The number of hydrogen-bond acceptors (Lipinski definition) is 5. The van der Waals surface area contributed by atoms with Gasteiger partial charge in [0.05, 0.1) is 0 Å². The van der Waals surface area contributed by atoms with Gasteiger partial charge in [-0.05, 0) is 150 Å². The predicted molar refractivity (Wildman–Crippen MR) is 467 cm³/mol. The third-order valence-electron chi connectivity index (χ3n) is 20.1. The molecule has 508 valence electrons. The van der Waals surface area contributed by atoms with Gasteiger partial charge < -0.3 is 4.42 Å². The maximum absolute atomic E-state index is 6.45. The highest BCUT2D eigenvalue weighted by atomic mass is 32.1. The Morgan fingerprint density at radius 3 is 1.02 bits per heavy atom. The first-order chi connectivity index (χ1) is 52.1. The molecule has 0 N–H and O–H groups in total. The summed E-state index contributed by atoms with van der Waals surface area (Å²) in [5.74, 6) is 0. The molecule has 0 aliphatic heterocycles. The van der Waals surface area contributed by atoms with Crippen LogP contribution in [0.5, 0.6) is 0 Å². The number of fused-ring (bicyclic) bond motifs is 15. The molecule has 0 aliphatic rings. The molecular formula is C101H74OS4. The average molecular weight is 1430 g/mol. The molecule has 0 fully saturated rings. The monoisotopic (exact) mass is 1430 g/mol. The molecule has 21 aromatic rings. The van der Waals surface area contributed by atoms with E-state index >= 15 is 0 Å². The molecular weight excluding hydrogens is 1360 g/mol. The lowest BCUT2D eigenvalue weighted by molar-refractivity contribution is 0.671. The fraction of sp³-hybridized carbons (Fsp3) is 0.0495. The van der Waals surface area contributed by atoms with Gasteiger partial charge in [0.1, 0.15) is 11.2 Å². The van der Waals surface area contributed by atoms with Crippen molar-refractivity contribution in [3.8, 4) is 66.8 Å². The zero-order chi connectivity index (χ0) is 71.6. The zero-order valence-electron chi connectivity index (χ0n) is 59.6. The van der Waals surface area contributed by atoms with Gasteiger partial charge in [0.15, 0.2) is 0 Å². The van der Waals surface area contributed by atoms with Gasteiger partial charge in [-0.1, -0.05) is 326 Å². The van der Waals surface area contributed by atoms with E-state index in [4.69, 9.17) is 4.42 Å². The lowest BCUT2D eigenvalue weighted by atomic mass is 9.96. The van der Waals surface area contributed by atoms with Crippen LogP contribution in [0.1, 0.15) is 27.8 Å². The van der Waals surface area contributed by atoms with Crippen molar-refractivity contribution in [1.82, 2.24) is 0 Å². The van der Waals surface area contributed by atoms with Crippen LogP contribution in [0.15, 0.2) is 362 Å². The van der Waals surface area contributed by atoms with E-state index < -0.39 is 0 Å². The number of para-hydroxylation sites is 2. The minimum atomic E-state index is 0.952. The van der Waals surface area contributed by atoms with Gasteiger partial charge in [-0.15, -0.1) is 45.3 Å². The SMILES string of the molecule is Cc1ccc(-c2cccc3c2oc2c(-c4ccccc4)cccc23)cc1.Cc1ccc(-c2cccc3sc4ccccc4c23)cc1.Cc1cccc(-c2cccc3sc4ccccc4c23)c1.Cc1ccccc1-c1ccc2c(c1)sc1ccccc12.Cc1ccccc1-c1cccc2sc3ccccc3c12. The summed E-state index contributed by atoms with van der Waals surface area (Å²) >= 11 is 7.50. The van der Waals surface area contributed by atoms with Gasteiger partial charge in [-0.3, -0.25) is 0 Å². The van der Waals surface area contributed by atoms with Crippen LogP contribution in [0.25, 0.3) is 169 Å². The summed E-state index contributed by atoms with van der Waals surface area (Å²) in [4.78, 5) is 0. The Morgan fingerprint density at radius 1 is 0.179 bits per heavy atom. The van der Waals surface area contributed by atoms with E-state index in [0.717, 1.165) is 33.1 Å². The molecule has 0 spiro atoms. The molecule has 5 aromatic heterocycles. The van der Waals surface area contributed by atoms with Crippen molar-refractivity contribution in [2.75, 3.05) is 0 Å². The average Bonchev–Trinajstić information content (AvgIpc) is 1.64. The van der Waals surface area contributed by atoms with Gasteiger partial charge in [0, 0.05) is 103 Å². The summed E-state index contributed by atoms with van der Waals surface area (Å²) in [7, 11) is 0. The standard InChI is InChI=1S/C25H18O.4C19H14S/c1-17-13-15-19(16-14-17)21-10-6-12-23-22-11-5-9-20(24(22)26-25(21)23)18-7-3-2-4-8-18;1-13-6-4-7-14(12-13)15-9-5-11-18-19(15)16-8-2-3-10-17(16)20-18;1-13-7-2-3-8-14(13)15-10-6-12-18-19(15)16-9-4-5-11-17(16)20-18;1-13-6-2-3-7-15(13)14-10-11-17-16-8-4-5-9-18(16)20-19(17)12-14;1-13-9-11-14(12-10-13)15-6-4-8-18-19(15)16-5-2-3-7-17(16)20-18/h2-16H,1H3;4*2-12H,1H3. The molecule has 0 radical (unpaired) electrons. The first-order valence-corrected chi connectivity index (χ1v) is 39.4. The smallest absolute Gasteiger partial charge is 0.143 e. The third kappa shape index (κ3) is 13.4. The summed E-state index contributed by atoms with van der Waals surface area (Å²) in [6, 6.07) is 128. The lowest BCUT2D eigenvalue weighted by Gasteiger charge is -2.07. The van der Waals surface area contributed by atoms with E-state index in [0.29, 0.717) is 0 Å². The van der Waals surface area contributed by atoms with Gasteiger partial charge in [0.2, 0.25) is 0 Å². The zero-order valence-corrected chi connectivity index (χ0v) is 62.9. The normalized spacial score (nSPS) is 11.3. The number of aryl methyl sites for hydroxylation is 5. The molecule has 0 aliphatic carbocycles. The van der Waals surface area contributed by atoms with Crippen molar-refractivity contribution in [3.63, 3.8) is 0 Å². The number of rotatable bonds is 6. The van der Waals surface area contributed by atoms with Crippen LogP contribution in [0.2, 0.25) is 0 Å². The van der Waals surface area contributed by atoms with E-state index in [9.17, 15) is 0 Å². The van der Waals surface area contributed by atoms with Crippen LogP contribution in [0.4, 0.5) is 0 Å². The van der Waals surface area contributed by atoms with E-state index in [-0.39, 0.29) is 0 Å². The van der Waals surface area contributed by atoms with Gasteiger partial charge >= 0.3 is 0 Å².